The molecule has 0 bridgehead atoms. The minimum atomic E-state index is -0.717. The minimum Gasteiger partial charge on any atom is -0.338 e. The van der Waals surface area contributed by atoms with Crippen molar-refractivity contribution in [2.24, 2.45) is 7.05 Å². The van der Waals surface area contributed by atoms with Crippen molar-refractivity contribution >= 4 is 21.8 Å². The van der Waals surface area contributed by atoms with E-state index in [9.17, 15) is 9.18 Å². The van der Waals surface area contributed by atoms with Gasteiger partial charge < -0.3 is 9.88 Å². The van der Waals surface area contributed by atoms with Gasteiger partial charge in [0.1, 0.15) is 17.7 Å². The summed E-state index contributed by atoms with van der Waals surface area (Å²) in [5.74, 6) is -0.184. The van der Waals surface area contributed by atoms with Crippen LogP contribution in [0, 0.1) is 5.82 Å². The molecule has 2 aromatic heterocycles. The normalized spacial score (nSPS) is 12.0. The van der Waals surface area contributed by atoms with Crippen molar-refractivity contribution in [3.05, 3.63) is 101 Å². The number of aryl methyl sites for hydroxylation is 1. The molecule has 1 unspecified atom stereocenters. The van der Waals surface area contributed by atoms with E-state index in [4.69, 9.17) is 0 Å². The monoisotopic (exact) mass is 453 g/mol. The summed E-state index contributed by atoms with van der Waals surface area (Å²) in [6.07, 6.45) is 6.88. The lowest BCUT2D eigenvalue weighted by Crippen LogP contribution is -2.31. The second-order valence-electron chi connectivity index (χ2n) is 6.47. The average Bonchev–Trinajstić information content (AvgIpc) is 3.35. The first-order valence-corrected chi connectivity index (χ1v) is 9.65. The van der Waals surface area contributed by atoms with Gasteiger partial charge in [-0.15, -0.1) is 0 Å². The first-order chi connectivity index (χ1) is 14.0. The first-order valence-electron chi connectivity index (χ1n) is 8.86. The highest BCUT2D eigenvalue weighted by Crippen LogP contribution is 2.24. The van der Waals surface area contributed by atoms with Gasteiger partial charge in [-0.1, -0.05) is 18.2 Å². The van der Waals surface area contributed by atoms with Crippen LogP contribution in [-0.4, -0.2) is 25.2 Å². The molecular weight excluding hydrogens is 437 g/mol. The van der Waals surface area contributed by atoms with Crippen LogP contribution in [0.15, 0.2) is 77.8 Å². The molecule has 0 aliphatic carbocycles. The Morgan fingerprint density at radius 1 is 1.17 bits per heavy atom. The Balaban J connectivity index is 1.62. The van der Waals surface area contributed by atoms with E-state index in [0.717, 1.165) is 10.2 Å². The predicted molar refractivity (Wildman–Crippen MR) is 110 cm³/mol. The molecule has 0 saturated heterocycles. The zero-order chi connectivity index (χ0) is 20.4. The summed E-state index contributed by atoms with van der Waals surface area (Å²) in [6.45, 7) is 0. The van der Waals surface area contributed by atoms with Crippen molar-refractivity contribution < 1.29 is 9.18 Å². The van der Waals surface area contributed by atoms with Crippen LogP contribution in [0.5, 0.6) is 0 Å². The molecule has 146 valence electrons. The third-order valence-corrected chi connectivity index (χ3v) is 4.96. The number of halogens is 2. The fraction of sp³-hybridized carbons (Fsp3) is 0.0952. The van der Waals surface area contributed by atoms with Gasteiger partial charge in [0.25, 0.3) is 5.91 Å². The Hall–Kier alpha value is -3.26. The molecule has 0 fully saturated rings. The van der Waals surface area contributed by atoms with Crippen LogP contribution in [0.2, 0.25) is 0 Å². The quantitative estimate of drug-likeness (QED) is 0.496. The zero-order valence-corrected chi connectivity index (χ0v) is 17.0. The Morgan fingerprint density at radius 3 is 2.55 bits per heavy atom. The third kappa shape index (κ3) is 3.97. The summed E-state index contributed by atoms with van der Waals surface area (Å²) in [6, 6.07) is 12.7. The fourth-order valence-corrected chi connectivity index (χ4v) is 3.35. The summed E-state index contributed by atoms with van der Waals surface area (Å²) in [4.78, 5) is 17.2. The molecule has 0 aliphatic heterocycles. The van der Waals surface area contributed by atoms with Crippen LogP contribution in [0.25, 0.3) is 5.69 Å². The number of benzene rings is 2. The molecule has 1 amide bonds. The van der Waals surface area contributed by atoms with Gasteiger partial charge >= 0.3 is 0 Å². The number of carbonyl (C=O) groups is 1. The van der Waals surface area contributed by atoms with E-state index in [1.54, 1.807) is 77.4 Å². The van der Waals surface area contributed by atoms with E-state index in [1.807, 2.05) is 6.20 Å². The van der Waals surface area contributed by atoms with Gasteiger partial charge in [-0.05, 0) is 46.3 Å². The van der Waals surface area contributed by atoms with E-state index >= 15 is 0 Å². The van der Waals surface area contributed by atoms with Crippen molar-refractivity contribution in [3.8, 4) is 5.69 Å². The van der Waals surface area contributed by atoms with E-state index in [0.29, 0.717) is 17.0 Å². The van der Waals surface area contributed by atoms with Crippen molar-refractivity contribution in [1.82, 2.24) is 24.6 Å². The van der Waals surface area contributed by atoms with Gasteiger partial charge in [-0.25, -0.2) is 14.1 Å². The van der Waals surface area contributed by atoms with Crippen LogP contribution in [-0.2, 0) is 7.05 Å². The van der Waals surface area contributed by atoms with Crippen LogP contribution < -0.4 is 5.32 Å². The van der Waals surface area contributed by atoms with Gasteiger partial charge in [0.05, 0.1) is 16.4 Å². The zero-order valence-electron chi connectivity index (χ0n) is 15.5. The predicted octanol–water partition coefficient (Wildman–Crippen LogP) is 4.03. The number of imidazole rings is 1. The second kappa shape index (κ2) is 8.00. The lowest BCUT2D eigenvalue weighted by molar-refractivity contribution is 0.0940. The highest BCUT2D eigenvalue weighted by Gasteiger charge is 2.24. The molecule has 1 atom stereocenters. The standard InChI is InChI=1S/C21H17BrFN5O/c1-27-11-10-24-20(27)19(17-4-2-3-5-18(17)23)26-21(29)14-6-8-16(9-7-14)28-13-15(22)12-25-28/h2-13,19H,1H3,(H,26,29). The topological polar surface area (TPSA) is 64.7 Å². The maximum atomic E-state index is 14.5. The summed E-state index contributed by atoms with van der Waals surface area (Å²) in [7, 11) is 1.80. The van der Waals surface area contributed by atoms with E-state index < -0.39 is 11.9 Å². The lowest BCUT2D eigenvalue weighted by Gasteiger charge is -2.20. The maximum Gasteiger partial charge on any atom is 0.252 e. The number of amides is 1. The molecule has 2 heterocycles. The fourth-order valence-electron chi connectivity index (χ4n) is 3.07. The molecule has 0 aliphatic rings. The second-order valence-corrected chi connectivity index (χ2v) is 7.39. The van der Waals surface area contributed by atoms with Gasteiger partial charge in [0.2, 0.25) is 0 Å². The van der Waals surface area contributed by atoms with Crippen molar-refractivity contribution in [3.63, 3.8) is 0 Å². The number of aromatic nitrogens is 4. The van der Waals surface area contributed by atoms with E-state index in [-0.39, 0.29) is 5.91 Å². The summed E-state index contributed by atoms with van der Waals surface area (Å²) in [5, 5.41) is 7.12. The lowest BCUT2D eigenvalue weighted by atomic mass is 10.0. The highest BCUT2D eigenvalue weighted by molar-refractivity contribution is 9.10. The van der Waals surface area contributed by atoms with Crippen LogP contribution in [0.3, 0.4) is 0 Å². The number of hydrogen-bond donors (Lipinski definition) is 1. The largest absolute Gasteiger partial charge is 0.338 e. The number of nitrogens with one attached hydrogen (secondary N) is 1. The van der Waals surface area contributed by atoms with Crippen LogP contribution >= 0.6 is 15.9 Å². The molecule has 4 aromatic rings. The Bertz CT molecular complexity index is 1150. The molecule has 0 saturated carbocycles. The van der Waals surface area contributed by atoms with Crippen molar-refractivity contribution in [2.45, 2.75) is 6.04 Å². The number of hydrogen-bond acceptors (Lipinski definition) is 3. The molecule has 8 heteroatoms. The summed E-state index contributed by atoms with van der Waals surface area (Å²) in [5.41, 5.74) is 1.63. The molecule has 4 rings (SSSR count). The third-order valence-electron chi connectivity index (χ3n) is 4.55. The Labute approximate surface area is 175 Å². The van der Waals surface area contributed by atoms with E-state index in [1.165, 1.54) is 6.07 Å². The Kier molecular flexibility index (Phi) is 5.26. The van der Waals surface area contributed by atoms with Crippen LogP contribution in [0.1, 0.15) is 27.8 Å². The van der Waals surface area contributed by atoms with Gasteiger partial charge in [0, 0.05) is 36.8 Å². The van der Waals surface area contributed by atoms with Gasteiger partial charge in [-0.3, -0.25) is 4.79 Å². The van der Waals surface area contributed by atoms with Gasteiger partial charge in [0.15, 0.2) is 0 Å². The average molecular weight is 454 g/mol. The molecule has 1 N–H and O–H groups in total. The summed E-state index contributed by atoms with van der Waals surface area (Å²) < 4.78 is 18.8. The van der Waals surface area contributed by atoms with Crippen LogP contribution in [0.4, 0.5) is 4.39 Å². The maximum absolute atomic E-state index is 14.5. The smallest absolute Gasteiger partial charge is 0.252 e. The first kappa shape index (κ1) is 19.1. The number of rotatable bonds is 5. The van der Waals surface area contributed by atoms with Crippen molar-refractivity contribution in [1.29, 1.82) is 0 Å². The number of carbonyl (C=O) groups excluding carboxylic acids is 1. The minimum absolute atomic E-state index is 0.325. The molecular formula is C21H17BrFN5O. The van der Waals surface area contributed by atoms with E-state index in [2.05, 4.69) is 31.3 Å². The SMILES string of the molecule is Cn1ccnc1C(NC(=O)c1ccc(-n2cc(Br)cn2)cc1)c1ccccc1F. The van der Waals surface area contributed by atoms with Crippen molar-refractivity contribution in [2.75, 3.05) is 0 Å². The summed E-state index contributed by atoms with van der Waals surface area (Å²) >= 11 is 3.36. The van der Waals surface area contributed by atoms with Gasteiger partial charge in [-0.2, -0.15) is 5.10 Å². The molecule has 6 nitrogen and oxygen atoms in total. The molecule has 2 aromatic carbocycles. The molecule has 29 heavy (non-hydrogen) atoms. The molecule has 0 radical (unpaired) electrons. The Morgan fingerprint density at radius 2 is 1.93 bits per heavy atom. The highest BCUT2D eigenvalue weighted by atomic mass is 79.9. The number of nitrogens with zero attached hydrogens (tertiary/aromatic N) is 4. The molecule has 0 spiro atoms.